The predicted molar refractivity (Wildman–Crippen MR) is 141 cm³/mol. The third-order valence-corrected chi connectivity index (χ3v) is 6.47. The smallest absolute Gasteiger partial charge is 0.276 e. The summed E-state index contributed by atoms with van der Waals surface area (Å²) in [6.45, 7) is 5.02. The quantitative estimate of drug-likeness (QED) is 0.406. The Kier molecular flexibility index (Phi) is 6.86. The second-order valence-corrected chi connectivity index (χ2v) is 9.20. The van der Waals surface area contributed by atoms with Gasteiger partial charge in [0.05, 0.1) is 11.9 Å². The summed E-state index contributed by atoms with van der Waals surface area (Å²) in [5.74, 6) is 0.446. The number of carbonyl (C=O) groups is 1. The standard InChI is InChI=1S/C28H30N6O2/c1-3-5-18(4-2)22-12-20(15-32-28(22)35)24-16-31-27(29)26(33-24)25-13-23(34-36-25)19-8-6-17(7-9-19)14-30-21-10-11-21/h6-9,12-13,15-16,21,30H,3-5,10-11,14H2,1-2H3,(H2,29,31)/b22-18+. The van der Waals surface area contributed by atoms with Crippen molar-refractivity contribution >= 4 is 23.5 Å². The van der Waals surface area contributed by atoms with Gasteiger partial charge in [0.15, 0.2) is 17.3 Å². The summed E-state index contributed by atoms with van der Waals surface area (Å²) < 4.78 is 5.61. The molecule has 8 heteroatoms. The van der Waals surface area contributed by atoms with Crippen LogP contribution in [-0.2, 0) is 11.3 Å². The van der Waals surface area contributed by atoms with E-state index in [1.54, 1.807) is 6.20 Å². The lowest BCUT2D eigenvalue weighted by Crippen LogP contribution is -2.14. The molecule has 1 aromatic carbocycles. The Morgan fingerprint density at radius 1 is 1.17 bits per heavy atom. The van der Waals surface area contributed by atoms with Gasteiger partial charge in [-0.3, -0.25) is 4.79 Å². The van der Waals surface area contributed by atoms with E-state index in [0.29, 0.717) is 40.0 Å². The summed E-state index contributed by atoms with van der Waals surface area (Å²) in [6, 6.07) is 10.8. The molecule has 8 nitrogen and oxygen atoms in total. The van der Waals surface area contributed by atoms with Crippen LogP contribution in [0.25, 0.3) is 28.3 Å². The zero-order chi connectivity index (χ0) is 25.1. The molecule has 2 aromatic heterocycles. The molecular weight excluding hydrogens is 452 g/mol. The van der Waals surface area contributed by atoms with Gasteiger partial charge in [0, 0.05) is 41.6 Å². The highest BCUT2D eigenvalue weighted by Crippen LogP contribution is 2.30. The van der Waals surface area contributed by atoms with Crippen molar-refractivity contribution in [3.05, 3.63) is 65.0 Å². The first-order valence-corrected chi connectivity index (χ1v) is 12.5. The molecule has 0 atom stereocenters. The van der Waals surface area contributed by atoms with Gasteiger partial charge in [0.2, 0.25) is 0 Å². The van der Waals surface area contributed by atoms with E-state index >= 15 is 0 Å². The Labute approximate surface area is 210 Å². The number of nitrogen functional groups attached to an aromatic ring is 1. The van der Waals surface area contributed by atoms with E-state index < -0.39 is 0 Å². The van der Waals surface area contributed by atoms with Gasteiger partial charge < -0.3 is 15.6 Å². The number of benzene rings is 1. The molecular formula is C28H30N6O2. The van der Waals surface area contributed by atoms with Gasteiger partial charge in [0.25, 0.3) is 5.91 Å². The fraction of sp³-hybridized carbons (Fsp3) is 0.321. The molecule has 3 aromatic rings. The van der Waals surface area contributed by atoms with Crippen molar-refractivity contribution in [3.63, 3.8) is 0 Å². The summed E-state index contributed by atoms with van der Waals surface area (Å²) in [6.07, 6.45) is 10.1. The van der Waals surface area contributed by atoms with E-state index in [1.807, 2.05) is 24.3 Å². The zero-order valence-electron chi connectivity index (χ0n) is 20.6. The van der Waals surface area contributed by atoms with Crippen LogP contribution in [0.3, 0.4) is 0 Å². The van der Waals surface area contributed by atoms with Gasteiger partial charge in [-0.2, -0.15) is 0 Å². The highest BCUT2D eigenvalue weighted by atomic mass is 16.5. The zero-order valence-corrected chi connectivity index (χ0v) is 20.6. The molecule has 0 radical (unpaired) electrons. The maximum absolute atomic E-state index is 12.4. The van der Waals surface area contributed by atoms with E-state index in [1.165, 1.54) is 24.6 Å². The van der Waals surface area contributed by atoms with Crippen molar-refractivity contribution in [2.75, 3.05) is 5.73 Å². The number of amides is 1. The van der Waals surface area contributed by atoms with E-state index in [9.17, 15) is 4.79 Å². The molecule has 0 unspecified atom stereocenters. The van der Waals surface area contributed by atoms with Gasteiger partial charge in [0.1, 0.15) is 5.69 Å². The second kappa shape index (κ2) is 10.4. The van der Waals surface area contributed by atoms with Gasteiger partial charge in [-0.25, -0.2) is 15.0 Å². The number of hydrogen-bond acceptors (Lipinski definition) is 7. The van der Waals surface area contributed by atoms with Crippen molar-refractivity contribution in [2.45, 2.75) is 58.5 Å². The molecule has 1 fully saturated rings. The van der Waals surface area contributed by atoms with Crippen molar-refractivity contribution in [2.24, 2.45) is 4.99 Å². The summed E-state index contributed by atoms with van der Waals surface area (Å²) in [5.41, 5.74) is 12.4. The van der Waals surface area contributed by atoms with Gasteiger partial charge in [-0.1, -0.05) is 55.3 Å². The molecule has 0 saturated heterocycles. The highest BCUT2D eigenvalue weighted by Gasteiger charge is 2.21. The number of nitrogens with one attached hydrogen (secondary N) is 1. The second-order valence-electron chi connectivity index (χ2n) is 9.20. The molecule has 1 aliphatic heterocycles. The molecule has 0 bridgehead atoms. The number of hydrogen-bond donors (Lipinski definition) is 2. The minimum Gasteiger partial charge on any atom is -0.382 e. The SMILES string of the molecule is CCC/C(CC)=C1\C=C(c2cnc(N)c(-c3cc(-c4ccc(CNC5CC5)cc4)no3)n2)C=NC1=O. The first-order valence-electron chi connectivity index (χ1n) is 12.5. The molecule has 1 aliphatic carbocycles. The van der Waals surface area contributed by atoms with Crippen LogP contribution < -0.4 is 11.1 Å². The Balaban J connectivity index is 1.40. The third-order valence-electron chi connectivity index (χ3n) is 6.47. The lowest BCUT2D eigenvalue weighted by atomic mass is 9.96. The fourth-order valence-corrected chi connectivity index (χ4v) is 4.23. The molecule has 0 spiro atoms. The number of rotatable bonds is 9. The van der Waals surface area contributed by atoms with Gasteiger partial charge >= 0.3 is 0 Å². The van der Waals surface area contributed by atoms with Gasteiger partial charge in [-0.15, -0.1) is 0 Å². The summed E-state index contributed by atoms with van der Waals surface area (Å²) in [5, 5.41) is 7.75. The molecule has 36 heavy (non-hydrogen) atoms. The Morgan fingerprint density at radius 2 is 1.97 bits per heavy atom. The topological polar surface area (TPSA) is 119 Å². The Bertz CT molecular complexity index is 1360. The van der Waals surface area contributed by atoms with Crippen molar-refractivity contribution in [1.82, 2.24) is 20.4 Å². The minimum atomic E-state index is -0.220. The number of dihydropyridines is 1. The van der Waals surface area contributed by atoms with Gasteiger partial charge in [-0.05, 0) is 37.3 Å². The number of nitrogens with zero attached hydrogens (tertiary/aromatic N) is 4. The van der Waals surface area contributed by atoms with E-state index in [2.05, 4.69) is 46.4 Å². The first kappa shape index (κ1) is 23.8. The van der Waals surface area contributed by atoms with Crippen molar-refractivity contribution in [1.29, 1.82) is 0 Å². The van der Waals surface area contributed by atoms with Crippen LogP contribution in [0.5, 0.6) is 0 Å². The summed E-state index contributed by atoms with van der Waals surface area (Å²) >= 11 is 0. The summed E-state index contributed by atoms with van der Waals surface area (Å²) in [7, 11) is 0. The predicted octanol–water partition coefficient (Wildman–Crippen LogP) is 5.13. The molecule has 184 valence electrons. The Morgan fingerprint density at radius 3 is 2.69 bits per heavy atom. The fourth-order valence-electron chi connectivity index (χ4n) is 4.23. The number of carbonyl (C=O) groups excluding carboxylic acids is 1. The summed E-state index contributed by atoms with van der Waals surface area (Å²) in [4.78, 5) is 25.6. The normalized spacial score (nSPS) is 16.8. The number of aromatic nitrogens is 3. The number of anilines is 1. The van der Waals surface area contributed by atoms with E-state index in [4.69, 9.17) is 15.2 Å². The molecule has 1 amide bonds. The van der Waals surface area contributed by atoms with Crippen LogP contribution in [-0.4, -0.2) is 33.3 Å². The lowest BCUT2D eigenvalue weighted by Gasteiger charge is -2.13. The van der Waals surface area contributed by atoms with E-state index in [-0.39, 0.29) is 11.7 Å². The maximum atomic E-state index is 12.4. The number of nitrogens with two attached hydrogens (primary N) is 1. The molecule has 3 N–H and O–H groups in total. The number of aliphatic imine (C=N–C) groups is 1. The Hall–Kier alpha value is -3.91. The molecule has 1 saturated carbocycles. The van der Waals surface area contributed by atoms with Crippen LogP contribution in [0.4, 0.5) is 5.82 Å². The van der Waals surface area contributed by atoms with Crippen LogP contribution in [0, 0.1) is 0 Å². The molecule has 2 aliphatic rings. The van der Waals surface area contributed by atoms with Crippen molar-refractivity contribution in [3.8, 4) is 22.7 Å². The monoisotopic (exact) mass is 482 g/mol. The average Bonchev–Trinajstić information content (AvgIpc) is 3.61. The number of allylic oxidation sites excluding steroid dienone is 2. The molecule has 3 heterocycles. The molecule has 5 rings (SSSR count). The van der Waals surface area contributed by atoms with E-state index in [0.717, 1.165) is 36.9 Å². The highest BCUT2D eigenvalue weighted by molar-refractivity contribution is 6.20. The van der Waals surface area contributed by atoms with Crippen LogP contribution >= 0.6 is 0 Å². The van der Waals surface area contributed by atoms with Crippen molar-refractivity contribution < 1.29 is 9.32 Å². The van der Waals surface area contributed by atoms with Crippen LogP contribution in [0.1, 0.15) is 57.2 Å². The first-order chi connectivity index (χ1) is 17.6. The minimum absolute atomic E-state index is 0.220. The van der Waals surface area contributed by atoms with Crippen LogP contribution in [0.2, 0.25) is 0 Å². The largest absolute Gasteiger partial charge is 0.382 e. The van der Waals surface area contributed by atoms with Crippen LogP contribution in [0.15, 0.2) is 63.3 Å². The maximum Gasteiger partial charge on any atom is 0.276 e. The lowest BCUT2D eigenvalue weighted by molar-refractivity contribution is -0.114. The third kappa shape index (κ3) is 5.18. The average molecular weight is 483 g/mol.